The van der Waals surface area contributed by atoms with Gasteiger partial charge in [-0.1, -0.05) is 25.3 Å². The van der Waals surface area contributed by atoms with E-state index in [0.717, 1.165) is 32.1 Å². The van der Waals surface area contributed by atoms with Gasteiger partial charge in [0.1, 0.15) is 16.0 Å². The number of hydrogen-bond acceptors (Lipinski definition) is 7. The summed E-state index contributed by atoms with van der Waals surface area (Å²) in [5.41, 5.74) is -1.00. The van der Waals surface area contributed by atoms with Crippen molar-refractivity contribution in [1.29, 1.82) is 0 Å². The topological polar surface area (TPSA) is 134 Å². The zero-order valence-electron chi connectivity index (χ0n) is 27.0. The Labute approximate surface area is 271 Å². The summed E-state index contributed by atoms with van der Waals surface area (Å²) in [6.07, 6.45) is 7.05. The monoisotopic (exact) mass is 656 g/mol. The molecule has 0 aromatic rings. The Hall–Kier alpha value is -2.17. The molecule has 2 aliphatic carbocycles. The number of esters is 1. The largest absolute Gasteiger partial charge is 0.460 e. The van der Waals surface area contributed by atoms with E-state index in [9.17, 15) is 24.0 Å². The number of ether oxygens (including phenoxy) is 1. The lowest BCUT2D eigenvalue weighted by molar-refractivity contribution is -0.154. The van der Waals surface area contributed by atoms with E-state index in [1.165, 1.54) is 0 Å². The van der Waals surface area contributed by atoms with E-state index in [1.54, 1.807) is 31.7 Å². The van der Waals surface area contributed by atoms with Crippen molar-refractivity contribution in [2.24, 2.45) is 17.8 Å². The molecule has 0 aromatic heterocycles. The number of amides is 3. The molecule has 1 aliphatic heterocycles. The van der Waals surface area contributed by atoms with Crippen LogP contribution in [0.15, 0.2) is 12.7 Å². The van der Waals surface area contributed by atoms with Gasteiger partial charge in [0, 0.05) is 30.5 Å². The second-order valence-corrected chi connectivity index (χ2v) is 15.8. The van der Waals surface area contributed by atoms with Crippen LogP contribution in [0.1, 0.15) is 92.9 Å². The minimum Gasteiger partial charge on any atom is -0.460 e. The SMILES string of the molecule is C=CCCC(NC(=O)[C@@H]1[C@@H]2[C@H](CN1C(=O)[C@@H](NC(C)(C)C)C1CCCCC1)C2(Cl)Cl)C(=O)C(=O)NCCC(=O)OC(C)(C)C. The molecule has 3 N–H and O–H groups in total. The molecule has 3 rings (SSSR count). The van der Waals surface area contributed by atoms with Gasteiger partial charge in [0.2, 0.25) is 17.6 Å². The number of alkyl halides is 2. The van der Waals surface area contributed by atoms with Crippen LogP contribution in [-0.4, -0.2) is 81.1 Å². The van der Waals surface area contributed by atoms with E-state index in [1.807, 2.05) is 20.8 Å². The summed E-state index contributed by atoms with van der Waals surface area (Å²) in [6.45, 7) is 15.1. The summed E-state index contributed by atoms with van der Waals surface area (Å²) in [7, 11) is 0. The Morgan fingerprint density at radius 2 is 1.68 bits per heavy atom. The van der Waals surface area contributed by atoms with E-state index in [2.05, 4.69) is 22.5 Å². The third-order valence-corrected chi connectivity index (χ3v) is 9.48. The molecule has 0 radical (unpaired) electrons. The minimum absolute atomic E-state index is 0.0966. The maximum absolute atomic E-state index is 14.2. The van der Waals surface area contributed by atoms with Gasteiger partial charge in [0.05, 0.1) is 18.5 Å². The minimum atomic E-state index is -1.17. The number of piperidine rings is 1. The number of allylic oxidation sites excluding steroid dienone is 1. The van der Waals surface area contributed by atoms with Crippen LogP contribution in [0, 0.1) is 17.8 Å². The molecule has 0 spiro atoms. The van der Waals surface area contributed by atoms with Crippen molar-refractivity contribution in [2.75, 3.05) is 13.1 Å². The summed E-state index contributed by atoms with van der Waals surface area (Å²) in [5.74, 6) is -3.66. The number of carbonyl (C=O) groups is 5. The first-order valence-corrected chi connectivity index (χ1v) is 16.5. The predicted molar refractivity (Wildman–Crippen MR) is 170 cm³/mol. The first-order chi connectivity index (χ1) is 20.4. The number of halogens is 2. The molecule has 5 atom stereocenters. The van der Waals surface area contributed by atoms with Gasteiger partial charge >= 0.3 is 5.97 Å². The number of rotatable bonds is 13. The zero-order valence-corrected chi connectivity index (χ0v) is 28.5. The normalized spacial score (nSPS) is 24.5. The van der Waals surface area contributed by atoms with Crippen molar-refractivity contribution in [1.82, 2.24) is 20.9 Å². The number of fused-ring (bicyclic) bond motifs is 1. The standard InChI is InChI=1S/C32H50Cl2N4O6/c1-8-9-15-21(26(40)28(42)35-17-16-22(39)44-31(5,6)7)36-27(41)25-23-20(32(23,33)34)18-38(25)29(43)24(37-30(2,3)4)19-13-11-10-12-14-19/h8,19-21,23-25,37H,1,9-18H2,2-7H3,(H,35,42)(H,36,41)/t20-,21?,23-,24-,25-/m0/s1. The molecule has 2 saturated carbocycles. The van der Waals surface area contributed by atoms with Gasteiger partial charge in [-0.25, -0.2) is 0 Å². The van der Waals surface area contributed by atoms with Gasteiger partial charge in [-0.2, -0.15) is 0 Å². The average Bonchev–Trinajstić information content (AvgIpc) is 3.24. The van der Waals surface area contributed by atoms with Crippen LogP contribution < -0.4 is 16.0 Å². The second kappa shape index (κ2) is 14.5. The van der Waals surface area contributed by atoms with Gasteiger partial charge in [-0.15, -0.1) is 29.8 Å². The maximum atomic E-state index is 14.2. The summed E-state index contributed by atoms with van der Waals surface area (Å²) in [5, 5.41) is 8.69. The van der Waals surface area contributed by atoms with Gasteiger partial charge in [-0.3, -0.25) is 24.0 Å². The Morgan fingerprint density at radius 3 is 2.25 bits per heavy atom. The van der Waals surface area contributed by atoms with E-state index < -0.39 is 57.5 Å². The fourth-order valence-corrected chi connectivity index (χ4v) is 7.18. The van der Waals surface area contributed by atoms with E-state index >= 15 is 0 Å². The fourth-order valence-electron chi connectivity index (χ4n) is 6.35. The highest BCUT2D eigenvalue weighted by Crippen LogP contribution is 2.65. The molecule has 0 bridgehead atoms. The molecule has 1 saturated heterocycles. The number of ketones is 1. The van der Waals surface area contributed by atoms with Crippen LogP contribution in [0.3, 0.4) is 0 Å². The highest BCUT2D eigenvalue weighted by atomic mass is 35.5. The third kappa shape index (κ3) is 9.42. The van der Waals surface area contributed by atoms with Crippen molar-refractivity contribution in [3.05, 3.63) is 12.7 Å². The molecule has 3 fully saturated rings. The van der Waals surface area contributed by atoms with Crippen LogP contribution in [0.5, 0.6) is 0 Å². The Kier molecular flexibility index (Phi) is 12.0. The van der Waals surface area contributed by atoms with Crippen molar-refractivity contribution in [2.45, 2.75) is 127 Å². The van der Waals surface area contributed by atoms with Crippen molar-refractivity contribution >= 4 is 52.7 Å². The van der Waals surface area contributed by atoms with Gasteiger partial charge in [0.25, 0.3) is 5.91 Å². The molecule has 44 heavy (non-hydrogen) atoms. The maximum Gasteiger partial charge on any atom is 0.308 e. The lowest BCUT2D eigenvalue weighted by Gasteiger charge is -2.39. The Morgan fingerprint density at radius 1 is 1.05 bits per heavy atom. The van der Waals surface area contributed by atoms with Crippen molar-refractivity contribution in [3.63, 3.8) is 0 Å². The summed E-state index contributed by atoms with van der Waals surface area (Å²) < 4.78 is 4.07. The fraction of sp³-hybridized carbons (Fsp3) is 0.781. The third-order valence-electron chi connectivity index (χ3n) is 8.41. The second-order valence-electron chi connectivity index (χ2n) is 14.4. The highest BCUT2D eigenvalue weighted by molar-refractivity contribution is 6.51. The quantitative estimate of drug-likeness (QED) is 0.119. The molecule has 0 aromatic carbocycles. The van der Waals surface area contributed by atoms with Crippen LogP contribution in [0.25, 0.3) is 0 Å². The molecular weight excluding hydrogens is 607 g/mol. The zero-order chi connectivity index (χ0) is 33.0. The predicted octanol–water partition coefficient (Wildman–Crippen LogP) is 3.82. The Bertz CT molecular complexity index is 1110. The van der Waals surface area contributed by atoms with Crippen molar-refractivity contribution < 1.29 is 28.7 Å². The van der Waals surface area contributed by atoms with E-state index in [0.29, 0.717) is 6.42 Å². The molecule has 1 heterocycles. The van der Waals surface area contributed by atoms with Crippen LogP contribution in [0.4, 0.5) is 0 Å². The lowest BCUT2D eigenvalue weighted by Crippen LogP contribution is -2.61. The smallest absolute Gasteiger partial charge is 0.308 e. The van der Waals surface area contributed by atoms with E-state index in [-0.39, 0.29) is 49.2 Å². The summed E-state index contributed by atoms with van der Waals surface area (Å²) in [6, 6.07) is -2.62. The van der Waals surface area contributed by atoms with Gasteiger partial charge < -0.3 is 25.6 Å². The van der Waals surface area contributed by atoms with Crippen molar-refractivity contribution in [3.8, 4) is 0 Å². The van der Waals surface area contributed by atoms with Crippen LogP contribution in [0.2, 0.25) is 0 Å². The van der Waals surface area contributed by atoms with E-state index in [4.69, 9.17) is 27.9 Å². The number of nitrogens with one attached hydrogen (secondary N) is 3. The van der Waals surface area contributed by atoms with Gasteiger partial charge in [-0.05, 0) is 73.1 Å². The Balaban J connectivity index is 1.75. The number of likely N-dealkylation sites (tertiary alicyclic amines) is 1. The lowest BCUT2D eigenvalue weighted by atomic mass is 9.82. The molecule has 1 unspecified atom stereocenters. The molecule has 10 nitrogen and oxygen atoms in total. The average molecular weight is 658 g/mol. The summed E-state index contributed by atoms with van der Waals surface area (Å²) in [4.78, 5) is 67.6. The van der Waals surface area contributed by atoms with Crippen LogP contribution >= 0.6 is 23.2 Å². The first-order valence-electron chi connectivity index (χ1n) is 15.8. The number of Topliss-reactive ketones (excluding diaryl/α,β-unsaturated/α-hetero) is 1. The molecule has 248 valence electrons. The molecule has 12 heteroatoms. The molecular formula is C32H50Cl2N4O6. The van der Waals surface area contributed by atoms with Gasteiger partial charge in [0.15, 0.2) is 0 Å². The number of hydrogen-bond donors (Lipinski definition) is 3. The number of nitrogens with zero attached hydrogens (tertiary/aromatic N) is 1. The highest BCUT2D eigenvalue weighted by Gasteiger charge is 2.74. The molecule has 3 amide bonds. The summed E-state index contributed by atoms with van der Waals surface area (Å²) >= 11 is 13.1. The number of carbonyl (C=O) groups excluding carboxylic acids is 5. The molecule has 3 aliphatic rings. The van der Waals surface area contributed by atoms with Crippen LogP contribution in [-0.2, 0) is 28.7 Å². The first kappa shape index (κ1) is 36.3.